The first-order valence-electron chi connectivity index (χ1n) is 9.98. The third-order valence-corrected chi connectivity index (χ3v) is 4.59. The molecule has 0 aliphatic carbocycles. The average molecular weight is 490 g/mol. The van der Waals surface area contributed by atoms with E-state index in [-0.39, 0.29) is 37.7 Å². The normalized spacial score (nSPS) is 10.8. The number of nitrogens with one attached hydrogen (secondary N) is 3. The van der Waals surface area contributed by atoms with Crippen molar-refractivity contribution < 1.29 is 19.1 Å². The molecule has 0 aromatic heterocycles. The van der Waals surface area contributed by atoms with Crippen LogP contribution in [0.2, 0.25) is 0 Å². The highest BCUT2D eigenvalue weighted by Crippen LogP contribution is 2.16. The number of rotatable bonds is 8. The number of carbonyl (C=O) groups is 3. The Hall–Kier alpha value is -2.87. The van der Waals surface area contributed by atoms with Gasteiger partial charge >= 0.3 is 6.09 Å². The lowest BCUT2D eigenvalue weighted by Gasteiger charge is -2.19. The minimum Gasteiger partial charge on any atom is -0.444 e. The van der Waals surface area contributed by atoms with E-state index in [1.54, 1.807) is 26.8 Å². The van der Waals surface area contributed by atoms with Crippen LogP contribution >= 0.6 is 15.9 Å². The molecule has 0 atom stereocenters. The summed E-state index contributed by atoms with van der Waals surface area (Å²) in [7, 11) is 0. The van der Waals surface area contributed by atoms with Crippen molar-refractivity contribution >= 4 is 39.5 Å². The molecule has 2 aromatic carbocycles. The Morgan fingerprint density at radius 2 is 1.61 bits per heavy atom. The first kappa shape index (κ1) is 24.4. The maximum Gasteiger partial charge on any atom is 0.407 e. The fraction of sp³-hybridized carbons (Fsp3) is 0.348. The van der Waals surface area contributed by atoms with Gasteiger partial charge in [-0.15, -0.1) is 0 Å². The second-order valence-electron chi connectivity index (χ2n) is 7.96. The molecule has 31 heavy (non-hydrogen) atoms. The summed E-state index contributed by atoms with van der Waals surface area (Å²) >= 11 is 3.38. The Balaban J connectivity index is 1.81. The summed E-state index contributed by atoms with van der Waals surface area (Å²) in [5.74, 6) is -0.352. The van der Waals surface area contributed by atoms with Crippen molar-refractivity contribution in [1.29, 1.82) is 0 Å². The topological polar surface area (TPSA) is 96.5 Å². The predicted octanol–water partition coefficient (Wildman–Crippen LogP) is 4.16. The largest absolute Gasteiger partial charge is 0.444 e. The van der Waals surface area contributed by atoms with Gasteiger partial charge in [0.25, 0.3) is 0 Å². The van der Waals surface area contributed by atoms with Gasteiger partial charge in [-0.05, 0) is 50.1 Å². The number of benzene rings is 2. The zero-order chi connectivity index (χ0) is 22.9. The molecule has 0 bridgehead atoms. The molecule has 0 fully saturated rings. The lowest BCUT2D eigenvalue weighted by atomic mass is 10.1. The van der Waals surface area contributed by atoms with E-state index < -0.39 is 11.7 Å². The highest BCUT2D eigenvalue weighted by molar-refractivity contribution is 9.10. The zero-order valence-electron chi connectivity index (χ0n) is 18.0. The Morgan fingerprint density at radius 1 is 0.935 bits per heavy atom. The van der Waals surface area contributed by atoms with Gasteiger partial charge in [0, 0.05) is 29.7 Å². The fourth-order valence-electron chi connectivity index (χ4n) is 2.65. The van der Waals surface area contributed by atoms with E-state index in [1.165, 1.54) is 0 Å². The number of alkyl carbamates (subject to hydrolysis) is 1. The minimum absolute atomic E-state index is 0.122. The molecule has 166 valence electrons. The van der Waals surface area contributed by atoms with Crippen LogP contribution in [0, 0.1) is 0 Å². The van der Waals surface area contributed by atoms with Crippen molar-refractivity contribution in [2.24, 2.45) is 0 Å². The summed E-state index contributed by atoms with van der Waals surface area (Å²) < 4.78 is 6.08. The lowest BCUT2D eigenvalue weighted by Crippen LogP contribution is -2.35. The van der Waals surface area contributed by atoms with Crippen LogP contribution in [0.3, 0.4) is 0 Å². The van der Waals surface area contributed by atoms with E-state index in [2.05, 4.69) is 31.9 Å². The smallest absolute Gasteiger partial charge is 0.407 e. The van der Waals surface area contributed by atoms with Crippen LogP contribution in [0.25, 0.3) is 0 Å². The van der Waals surface area contributed by atoms with Crippen molar-refractivity contribution in [1.82, 2.24) is 10.6 Å². The van der Waals surface area contributed by atoms with E-state index in [0.717, 1.165) is 15.6 Å². The average Bonchev–Trinajstić information content (AvgIpc) is 2.67. The van der Waals surface area contributed by atoms with Gasteiger partial charge in [-0.2, -0.15) is 0 Å². The molecule has 0 saturated carbocycles. The lowest BCUT2D eigenvalue weighted by molar-refractivity contribution is -0.121. The summed E-state index contributed by atoms with van der Waals surface area (Å²) in [6.45, 7) is 5.75. The molecule has 2 rings (SSSR count). The maximum absolute atomic E-state index is 12.4. The highest BCUT2D eigenvalue weighted by atomic mass is 79.9. The van der Waals surface area contributed by atoms with Crippen LogP contribution in [0.15, 0.2) is 53.0 Å². The third-order valence-electron chi connectivity index (χ3n) is 4.07. The van der Waals surface area contributed by atoms with Crippen LogP contribution in [0.1, 0.15) is 38.3 Å². The molecule has 0 saturated heterocycles. The summed E-state index contributed by atoms with van der Waals surface area (Å²) in [6.07, 6.45) is -0.180. The Morgan fingerprint density at radius 3 is 2.29 bits per heavy atom. The van der Waals surface area contributed by atoms with Crippen LogP contribution < -0.4 is 16.0 Å². The molecule has 3 N–H and O–H groups in total. The first-order valence-corrected chi connectivity index (χ1v) is 10.8. The van der Waals surface area contributed by atoms with Gasteiger partial charge in [0.1, 0.15) is 5.60 Å². The van der Waals surface area contributed by atoms with Gasteiger partial charge in [-0.25, -0.2) is 4.79 Å². The Labute approximate surface area is 191 Å². The van der Waals surface area contributed by atoms with E-state index in [1.807, 2.05) is 42.5 Å². The number of halogens is 1. The van der Waals surface area contributed by atoms with E-state index in [0.29, 0.717) is 5.69 Å². The van der Waals surface area contributed by atoms with Gasteiger partial charge < -0.3 is 20.7 Å². The Bertz CT molecular complexity index is 908. The van der Waals surface area contributed by atoms with Crippen molar-refractivity contribution in [2.75, 3.05) is 11.9 Å². The number of hydrogen-bond donors (Lipinski definition) is 3. The Kier molecular flexibility index (Phi) is 9.05. The number of hydrogen-bond acceptors (Lipinski definition) is 4. The number of para-hydroxylation sites is 1. The van der Waals surface area contributed by atoms with E-state index >= 15 is 0 Å². The quantitative estimate of drug-likeness (QED) is 0.518. The standard InChI is InChI=1S/C23H28BrN3O4/c1-23(2,3)31-22(30)25-13-12-20(28)26-15-17-6-4-5-7-19(17)27-21(29)14-16-8-10-18(24)11-9-16/h4-11H,12-15H2,1-3H3,(H,25,30)(H,26,28)(H,27,29). The van der Waals surface area contributed by atoms with Crippen molar-refractivity contribution in [3.05, 3.63) is 64.1 Å². The molecular formula is C23H28BrN3O4. The zero-order valence-corrected chi connectivity index (χ0v) is 19.5. The first-order chi connectivity index (χ1) is 14.6. The monoisotopic (exact) mass is 489 g/mol. The van der Waals surface area contributed by atoms with E-state index in [4.69, 9.17) is 4.74 Å². The van der Waals surface area contributed by atoms with E-state index in [9.17, 15) is 14.4 Å². The van der Waals surface area contributed by atoms with Gasteiger partial charge in [0.05, 0.1) is 6.42 Å². The molecule has 8 heteroatoms. The SMILES string of the molecule is CC(C)(C)OC(=O)NCCC(=O)NCc1ccccc1NC(=O)Cc1ccc(Br)cc1. The van der Waals surface area contributed by atoms with Gasteiger partial charge in [-0.1, -0.05) is 46.3 Å². The molecule has 3 amide bonds. The number of amides is 3. The summed E-state index contributed by atoms with van der Waals surface area (Å²) in [4.78, 5) is 36.1. The summed E-state index contributed by atoms with van der Waals surface area (Å²) in [5, 5.41) is 8.26. The minimum atomic E-state index is -0.585. The van der Waals surface area contributed by atoms with Crippen molar-refractivity contribution in [3.63, 3.8) is 0 Å². The summed E-state index contributed by atoms with van der Waals surface area (Å²) in [5.41, 5.74) is 1.76. The molecule has 0 aliphatic heterocycles. The van der Waals surface area contributed by atoms with Gasteiger partial charge in [0.2, 0.25) is 11.8 Å². The van der Waals surface area contributed by atoms with Crippen LogP contribution in [-0.2, 0) is 27.3 Å². The molecule has 2 aromatic rings. The molecule has 7 nitrogen and oxygen atoms in total. The number of anilines is 1. The number of carbonyl (C=O) groups excluding carboxylic acids is 3. The summed E-state index contributed by atoms with van der Waals surface area (Å²) in [6, 6.07) is 14.9. The maximum atomic E-state index is 12.4. The predicted molar refractivity (Wildman–Crippen MR) is 124 cm³/mol. The van der Waals surface area contributed by atoms with Crippen molar-refractivity contribution in [3.8, 4) is 0 Å². The molecule has 0 spiro atoms. The fourth-order valence-corrected chi connectivity index (χ4v) is 2.92. The number of ether oxygens (including phenoxy) is 1. The molecular weight excluding hydrogens is 462 g/mol. The second-order valence-corrected chi connectivity index (χ2v) is 8.88. The van der Waals surface area contributed by atoms with Crippen LogP contribution in [-0.4, -0.2) is 30.1 Å². The highest BCUT2D eigenvalue weighted by Gasteiger charge is 2.16. The third kappa shape index (κ3) is 9.65. The molecule has 0 heterocycles. The van der Waals surface area contributed by atoms with Crippen LogP contribution in [0.4, 0.5) is 10.5 Å². The van der Waals surface area contributed by atoms with Crippen molar-refractivity contribution in [2.45, 2.75) is 45.8 Å². The van der Waals surface area contributed by atoms with Gasteiger partial charge in [0.15, 0.2) is 0 Å². The van der Waals surface area contributed by atoms with Gasteiger partial charge in [-0.3, -0.25) is 9.59 Å². The molecule has 0 unspecified atom stereocenters. The molecule has 0 aliphatic rings. The second kappa shape index (κ2) is 11.5. The molecule has 0 radical (unpaired) electrons. The van der Waals surface area contributed by atoms with Crippen LogP contribution in [0.5, 0.6) is 0 Å².